The topological polar surface area (TPSA) is 92.7 Å². The SMILES string of the molecule is C/C=C/c1cc(OC)c(O[C@H](C)[C@@H](OC(C)=O)c2cc(OC)c(O)c(OC)c2)c(OC)c1. The Kier molecular flexibility index (Phi) is 8.63. The lowest BCUT2D eigenvalue weighted by molar-refractivity contribution is -0.151. The van der Waals surface area contributed by atoms with Crippen molar-refractivity contribution in [3.8, 4) is 34.5 Å². The summed E-state index contributed by atoms with van der Waals surface area (Å²) in [7, 11) is 5.90. The molecule has 0 radical (unpaired) electrons. The minimum Gasteiger partial charge on any atom is -0.502 e. The lowest BCUT2D eigenvalue weighted by atomic mass is 10.0. The molecule has 32 heavy (non-hydrogen) atoms. The molecule has 0 aromatic heterocycles. The lowest BCUT2D eigenvalue weighted by Gasteiger charge is -2.27. The number of benzene rings is 2. The second kappa shape index (κ2) is 11.2. The Balaban J connectivity index is 2.52. The lowest BCUT2D eigenvalue weighted by Crippen LogP contribution is -2.26. The number of hydrogen-bond donors (Lipinski definition) is 1. The van der Waals surface area contributed by atoms with E-state index in [1.54, 1.807) is 19.1 Å². The molecular formula is C24H30O8. The maximum absolute atomic E-state index is 11.9. The first-order valence-corrected chi connectivity index (χ1v) is 9.96. The van der Waals surface area contributed by atoms with Gasteiger partial charge in [0.1, 0.15) is 6.10 Å². The molecule has 0 aliphatic carbocycles. The van der Waals surface area contributed by atoms with Gasteiger partial charge >= 0.3 is 5.97 Å². The van der Waals surface area contributed by atoms with Crippen molar-refractivity contribution < 1.29 is 38.3 Å². The number of aromatic hydroxyl groups is 1. The molecule has 0 unspecified atom stereocenters. The molecule has 0 saturated heterocycles. The van der Waals surface area contributed by atoms with Crippen molar-refractivity contribution >= 4 is 12.0 Å². The average molecular weight is 446 g/mol. The quantitative estimate of drug-likeness (QED) is 0.532. The fourth-order valence-electron chi connectivity index (χ4n) is 3.24. The van der Waals surface area contributed by atoms with Gasteiger partial charge in [-0.3, -0.25) is 4.79 Å². The summed E-state index contributed by atoms with van der Waals surface area (Å²) in [6.45, 7) is 4.97. The molecule has 0 fully saturated rings. The van der Waals surface area contributed by atoms with Gasteiger partial charge in [0, 0.05) is 12.5 Å². The van der Waals surface area contributed by atoms with Crippen molar-refractivity contribution in [2.24, 2.45) is 0 Å². The first kappa shape index (κ1) is 24.7. The Morgan fingerprint density at radius 3 is 1.81 bits per heavy atom. The first-order valence-electron chi connectivity index (χ1n) is 9.96. The number of carbonyl (C=O) groups excluding carboxylic acids is 1. The van der Waals surface area contributed by atoms with E-state index in [1.807, 2.05) is 31.2 Å². The molecule has 2 aromatic carbocycles. The summed E-state index contributed by atoms with van der Waals surface area (Å²) < 4.78 is 33.2. The van der Waals surface area contributed by atoms with Gasteiger partial charge in [0.2, 0.25) is 11.5 Å². The van der Waals surface area contributed by atoms with Gasteiger partial charge in [0.25, 0.3) is 0 Å². The Bertz CT molecular complexity index is 916. The third kappa shape index (κ3) is 5.57. The normalized spacial score (nSPS) is 12.7. The molecule has 2 rings (SSSR count). The van der Waals surface area contributed by atoms with Crippen LogP contribution in [0.25, 0.3) is 6.08 Å². The van der Waals surface area contributed by atoms with Crippen LogP contribution in [0.5, 0.6) is 34.5 Å². The molecule has 2 atom stereocenters. The van der Waals surface area contributed by atoms with Crippen LogP contribution >= 0.6 is 0 Å². The highest BCUT2D eigenvalue weighted by molar-refractivity contribution is 5.67. The van der Waals surface area contributed by atoms with Crippen molar-refractivity contribution in [3.05, 3.63) is 41.5 Å². The summed E-state index contributed by atoms with van der Waals surface area (Å²) in [5, 5.41) is 10.2. The predicted molar refractivity (Wildman–Crippen MR) is 120 cm³/mol. The number of ether oxygens (including phenoxy) is 6. The second-order valence-electron chi connectivity index (χ2n) is 6.88. The first-order chi connectivity index (χ1) is 15.3. The van der Waals surface area contributed by atoms with Crippen LogP contribution in [0.2, 0.25) is 0 Å². The molecular weight excluding hydrogens is 416 g/mol. The van der Waals surface area contributed by atoms with Crippen LogP contribution in [-0.4, -0.2) is 45.6 Å². The monoisotopic (exact) mass is 446 g/mol. The molecule has 1 N–H and O–H groups in total. The van der Waals surface area contributed by atoms with Crippen molar-refractivity contribution in [2.45, 2.75) is 33.0 Å². The number of carbonyl (C=O) groups is 1. The minimum atomic E-state index is -0.847. The highest BCUT2D eigenvalue weighted by atomic mass is 16.6. The fraction of sp³-hybridized carbons (Fsp3) is 0.375. The van der Waals surface area contributed by atoms with Crippen LogP contribution in [0.15, 0.2) is 30.3 Å². The van der Waals surface area contributed by atoms with E-state index in [-0.39, 0.29) is 17.2 Å². The van der Waals surface area contributed by atoms with Crippen molar-refractivity contribution in [2.75, 3.05) is 28.4 Å². The van der Waals surface area contributed by atoms with Crippen molar-refractivity contribution in [1.29, 1.82) is 0 Å². The Labute approximate surface area is 188 Å². The zero-order valence-electron chi connectivity index (χ0n) is 19.4. The number of esters is 1. The van der Waals surface area contributed by atoms with Gasteiger partial charge in [-0.25, -0.2) is 0 Å². The Morgan fingerprint density at radius 2 is 1.41 bits per heavy atom. The van der Waals surface area contributed by atoms with Gasteiger partial charge in [0.15, 0.2) is 29.1 Å². The number of phenolic OH excluding ortho intramolecular Hbond substituents is 1. The summed E-state index contributed by atoms with van der Waals surface area (Å²) >= 11 is 0. The van der Waals surface area contributed by atoms with Gasteiger partial charge < -0.3 is 33.5 Å². The van der Waals surface area contributed by atoms with Gasteiger partial charge in [-0.2, -0.15) is 0 Å². The molecule has 0 saturated carbocycles. The molecule has 8 nitrogen and oxygen atoms in total. The molecule has 0 spiro atoms. The van der Waals surface area contributed by atoms with Crippen LogP contribution in [0.1, 0.15) is 38.0 Å². The van der Waals surface area contributed by atoms with E-state index in [9.17, 15) is 9.90 Å². The molecule has 0 amide bonds. The number of allylic oxidation sites excluding steroid dienone is 1. The summed E-state index contributed by atoms with van der Waals surface area (Å²) in [4.78, 5) is 11.9. The van der Waals surface area contributed by atoms with Crippen LogP contribution < -0.4 is 23.7 Å². The van der Waals surface area contributed by atoms with E-state index in [2.05, 4.69) is 0 Å². The van der Waals surface area contributed by atoms with E-state index in [0.29, 0.717) is 22.8 Å². The molecule has 0 aliphatic rings. The van der Waals surface area contributed by atoms with Crippen LogP contribution in [0.4, 0.5) is 0 Å². The zero-order chi connectivity index (χ0) is 23.8. The summed E-state index contributed by atoms with van der Waals surface area (Å²) in [5.74, 6) is 0.990. The Morgan fingerprint density at radius 1 is 0.906 bits per heavy atom. The standard InChI is InChI=1S/C24H30O8/c1-8-9-16-10-20(29-6)24(21(11-16)30-7)31-14(2)23(32-15(3)25)17-12-18(27-4)22(26)19(13-17)28-5/h8-14,23,26H,1-7H3/b9-8+/t14-,23-/m1/s1. The van der Waals surface area contributed by atoms with Crippen LogP contribution in [0, 0.1) is 0 Å². The van der Waals surface area contributed by atoms with Crippen LogP contribution in [0.3, 0.4) is 0 Å². The van der Waals surface area contributed by atoms with E-state index in [1.165, 1.54) is 35.4 Å². The molecule has 0 bridgehead atoms. The fourth-order valence-corrected chi connectivity index (χ4v) is 3.24. The molecule has 0 heterocycles. The van der Waals surface area contributed by atoms with Crippen molar-refractivity contribution in [1.82, 2.24) is 0 Å². The molecule has 174 valence electrons. The maximum Gasteiger partial charge on any atom is 0.303 e. The smallest absolute Gasteiger partial charge is 0.303 e. The van der Waals surface area contributed by atoms with Gasteiger partial charge in [-0.05, 0) is 43.7 Å². The van der Waals surface area contributed by atoms with E-state index < -0.39 is 18.2 Å². The number of hydrogen-bond acceptors (Lipinski definition) is 8. The highest BCUT2D eigenvalue weighted by Crippen LogP contribution is 2.43. The maximum atomic E-state index is 11.9. The van der Waals surface area contributed by atoms with Gasteiger partial charge in [-0.1, -0.05) is 12.2 Å². The summed E-state index contributed by atoms with van der Waals surface area (Å²) in [6, 6.07) is 6.76. The van der Waals surface area contributed by atoms with Crippen molar-refractivity contribution in [3.63, 3.8) is 0 Å². The minimum absolute atomic E-state index is 0.156. The van der Waals surface area contributed by atoms with Gasteiger partial charge in [-0.15, -0.1) is 0 Å². The predicted octanol–water partition coefficient (Wildman–Crippen LogP) is 4.53. The molecule has 8 heteroatoms. The van der Waals surface area contributed by atoms with E-state index in [4.69, 9.17) is 28.4 Å². The third-order valence-electron chi connectivity index (χ3n) is 4.70. The van der Waals surface area contributed by atoms with Crippen LogP contribution in [-0.2, 0) is 9.53 Å². The van der Waals surface area contributed by atoms with E-state index >= 15 is 0 Å². The summed E-state index contributed by atoms with van der Waals surface area (Å²) in [5.41, 5.74) is 1.40. The summed E-state index contributed by atoms with van der Waals surface area (Å²) in [6.07, 6.45) is 2.29. The average Bonchev–Trinajstić information content (AvgIpc) is 2.78. The number of phenols is 1. The van der Waals surface area contributed by atoms with E-state index in [0.717, 1.165) is 5.56 Å². The third-order valence-corrected chi connectivity index (χ3v) is 4.70. The largest absolute Gasteiger partial charge is 0.502 e. The molecule has 0 aliphatic heterocycles. The Hall–Kier alpha value is -3.55. The molecule has 2 aromatic rings. The number of methoxy groups -OCH3 is 4. The highest BCUT2D eigenvalue weighted by Gasteiger charge is 2.29. The van der Waals surface area contributed by atoms with Gasteiger partial charge in [0.05, 0.1) is 28.4 Å². The zero-order valence-corrected chi connectivity index (χ0v) is 19.4. The second-order valence-corrected chi connectivity index (χ2v) is 6.88. The number of rotatable bonds is 10.